The first kappa shape index (κ1) is 14.1. The third-order valence-corrected chi connectivity index (χ3v) is 2.92. The Kier molecular flexibility index (Phi) is 5.08. The van der Waals surface area contributed by atoms with Crippen LogP contribution in [0.25, 0.3) is 0 Å². The van der Waals surface area contributed by atoms with Crippen LogP contribution in [-0.4, -0.2) is 33.0 Å². The maximum absolute atomic E-state index is 10.8. The molecule has 0 aliphatic carbocycles. The van der Waals surface area contributed by atoms with Gasteiger partial charge in [0, 0.05) is 37.9 Å². The van der Waals surface area contributed by atoms with Crippen LogP contribution in [0.15, 0.2) is 24.3 Å². The zero-order valence-corrected chi connectivity index (χ0v) is 10.5. The van der Waals surface area contributed by atoms with E-state index in [1.807, 2.05) is 18.2 Å². The lowest BCUT2D eigenvalue weighted by molar-refractivity contribution is -0.0536. The third-order valence-electron chi connectivity index (χ3n) is 2.92. The van der Waals surface area contributed by atoms with Crippen molar-refractivity contribution in [2.75, 3.05) is 26.7 Å². The summed E-state index contributed by atoms with van der Waals surface area (Å²) in [6.07, 6.45) is 0.850. The molecule has 0 amide bonds. The minimum atomic E-state index is -0.517. The van der Waals surface area contributed by atoms with Crippen molar-refractivity contribution in [2.24, 2.45) is 0 Å². The lowest BCUT2D eigenvalue weighted by Gasteiger charge is -2.38. The number of hydrogen-bond donors (Lipinski definition) is 2. The third kappa shape index (κ3) is 2.84. The molecule has 0 radical (unpaired) electrons. The van der Waals surface area contributed by atoms with E-state index in [0.717, 1.165) is 24.9 Å². The number of carbonyl (C=O) groups is 1. The fourth-order valence-electron chi connectivity index (χ4n) is 2.01. The minimum Gasteiger partial charge on any atom is -0.358 e. The average Bonchev–Trinajstić information content (AvgIpc) is 2.39. The highest BCUT2D eigenvalue weighted by molar-refractivity contribution is 5.85. The van der Waals surface area contributed by atoms with E-state index in [0.29, 0.717) is 12.1 Å². The number of rotatable bonds is 3. The van der Waals surface area contributed by atoms with Gasteiger partial charge in [-0.25, -0.2) is 0 Å². The first-order valence-electron chi connectivity index (χ1n) is 5.37. The molecule has 4 nitrogen and oxygen atoms in total. The Labute approximate surface area is 107 Å². The number of benzene rings is 1. The first-order chi connectivity index (χ1) is 7.80. The van der Waals surface area contributed by atoms with Crippen LogP contribution in [0, 0.1) is 0 Å². The van der Waals surface area contributed by atoms with Crippen LogP contribution in [0.1, 0.15) is 15.9 Å². The number of piperazine rings is 1. The van der Waals surface area contributed by atoms with Crippen molar-refractivity contribution in [3.05, 3.63) is 35.4 Å². The molecule has 94 valence electrons. The highest BCUT2D eigenvalue weighted by atomic mass is 35.5. The van der Waals surface area contributed by atoms with Gasteiger partial charge in [0.2, 0.25) is 0 Å². The summed E-state index contributed by atoms with van der Waals surface area (Å²) in [4.78, 5) is 10.8. The lowest BCUT2D eigenvalue weighted by atomic mass is 9.99. The first-order valence-corrected chi connectivity index (χ1v) is 5.37. The van der Waals surface area contributed by atoms with E-state index in [4.69, 9.17) is 4.74 Å². The van der Waals surface area contributed by atoms with Gasteiger partial charge in [-0.05, 0) is 6.07 Å². The van der Waals surface area contributed by atoms with E-state index in [1.165, 1.54) is 0 Å². The summed E-state index contributed by atoms with van der Waals surface area (Å²) in [5, 5.41) is 6.64. The molecule has 1 aromatic rings. The summed E-state index contributed by atoms with van der Waals surface area (Å²) in [7, 11) is 1.67. The van der Waals surface area contributed by atoms with Crippen molar-refractivity contribution in [1.82, 2.24) is 10.6 Å². The quantitative estimate of drug-likeness (QED) is 0.790. The van der Waals surface area contributed by atoms with Crippen LogP contribution in [-0.2, 0) is 10.5 Å². The molecule has 1 aliphatic heterocycles. The van der Waals surface area contributed by atoms with Gasteiger partial charge in [0.1, 0.15) is 6.29 Å². The molecule has 0 bridgehead atoms. The van der Waals surface area contributed by atoms with Crippen molar-refractivity contribution >= 4 is 18.7 Å². The molecular weight excluding hydrogens is 240 g/mol. The van der Waals surface area contributed by atoms with Gasteiger partial charge in [-0.2, -0.15) is 0 Å². The predicted octanol–water partition coefficient (Wildman–Crippen LogP) is 0.913. The van der Waals surface area contributed by atoms with Crippen LogP contribution in [0.3, 0.4) is 0 Å². The highest BCUT2D eigenvalue weighted by Crippen LogP contribution is 2.23. The van der Waals surface area contributed by atoms with Crippen molar-refractivity contribution in [3.8, 4) is 0 Å². The van der Waals surface area contributed by atoms with Gasteiger partial charge < -0.3 is 10.1 Å². The molecule has 5 heteroatoms. The summed E-state index contributed by atoms with van der Waals surface area (Å²) in [5.74, 6) is 0. The fraction of sp³-hybridized carbons (Fsp3) is 0.417. The van der Waals surface area contributed by atoms with E-state index in [9.17, 15) is 4.79 Å². The van der Waals surface area contributed by atoms with Crippen LogP contribution in [0.4, 0.5) is 0 Å². The monoisotopic (exact) mass is 256 g/mol. The molecule has 0 spiro atoms. The van der Waals surface area contributed by atoms with Gasteiger partial charge >= 0.3 is 0 Å². The number of nitrogens with one attached hydrogen (secondary N) is 2. The zero-order chi connectivity index (χ0) is 11.4. The van der Waals surface area contributed by atoms with Crippen LogP contribution in [0.5, 0.6) is 0 Å². The molecule has 0 aromatic heterocycles. The smallest absolute Gasteiger partial charge is 0.157 e. The van der Waals surface area contributed by atoms with Crippen LogP contribution in [0.2, 0.25) is 0 Å². The Hall–Kier alpha value is -0.940. The Balaban J connectivity index is 0.00000144. The molecule has 1 atom stereocenters. The molecule has 1 aliphatic rings. The largest absolute Gasteiger partial charge is 0.358 e. The molecule has 1 saturated heterocycles. The molecule has 1 aromatic carbocycles. The Morgan fingerprint density at radius 2 is 2.24 bits per heavy atom. The van der Waals surface area contributed by atoms with Gasteiger partial charge in [-0.15, -0.1) is 12.4 Å². The Morgan fingerprint density at radius 1 is 1.41 bits per heavy atom. The molecule has 1 heterocycles. The second-order valence-corrected chi connectivity index (χ2v) is 3.88. The second-order valence-electron chi connectivity index (χ2n) is 3.88. The number of aldehydes is 1. The lowest BCUT2D eigenvalue weighted by Crippen LogP contribution is -2.57. The molecule has 1 fully saturated rings. The summed E-state index contributed by atoms with van der Waals surface area (Å²) in [5.41, 5.74) is 1.13. The normalized spacial score (nSPS) is 23.8. The SMILES string of the molecule is CO[C@]1(c2cccc(C=O)c2)CNCCN1.Cl. The molecular formula is C12H17ClN2O2. The summed E-state index contributed by atoms with van der Waals surface area (Å²) < 4.78 is 5.57. The van der Waals surface area contributed by atoms with E-state index < -0.39 is 5.72 Å². The maximum Gasteiger partial charge on any atom is 0.157 e. The van der Waals surface area contributed by atoms with Gasteiger partial charge in [-0.3, -0.25) is 10.1 Å². The van der Waals surface area contributed by atoms with Crippen molar-refractivity contribution in [3.63, 3.8) is 0 Å². The molecule has 2 rings (SSSR count). The van der Waals surface area contributed by atoms with Crippen LogP contribution < -0.4 is 10.6 Å². The fourth-order valence-corrected chi connectivity index (χ4v) is 2.01. The van der Waals surface area contributed by atoms with Crippen LogP contribution >= 0.6 is 12.4 Å². The standard InChI is InChI=1S/C12H16N2O2.ClH/c1-16-12(9-13-5-6-14-12)11-4-2-3-10(7-11)8-15;/h2-4,7-8,13-14H,5-6,9H2,1H3;1H/t12-;/m0./s1. The van der Waals surface area contributed by atoms with Gasteiger partial charge in [0.15, 0.2) is 5.72 Å². The summed E-state index contributed by atoms with van der Waals surface area (Å²) >= 11 is 0. The van der Waals surface area contributed by atoms with E-state index in [1.54, 1.807) is 13.2 Å². The second kappa shape index (κ2) is 6.12. The molecule has 2 N–H and O–H groups in total. The molecule has 17 heavy (non-hydrogen) atoms. The average molecular weight is 257 g/mol. The van der Waals surface area contributed by atoms with Gasteiger partial charge in [-0.1, -0.05) is 18.2 Å². The number of hydrogen-bond acceptors (Lipinski definition) is 4. The molecule has 0 unspecified atom stereocenters. The van der Waals surface area contributed by atoms with E-state index in [2.05, 4.69) is 10.6 Å². The number of ether oxygens (including phenoxy) is 1. The number of methoxy groups -OCH3 is 1. The Morgan fingerprint density at radius 3 is 2.82 bits per heavy atom. The van der Waals surface area contributed by atoms with Crippen molar-refractivity contribution < 1.29 is 9.53 Å². The highest BCUT2D eigenvalue weighted by Gasteiger charge is 2.33. The summed E-state index contributed by atoms with van der Waals surface area (Å²) in [6.45, 7) is 2.48. The summed E-state index contributed by atoms with van der Waals surface area (Å²) in [6, 6.07) is 7.49. The number of halogens is 1. The van der Waals surface area contributed by atoms with Crippen molar-refractivity contribution in [2.45, 2.75) is 5.72 Å². The predicted molar refractivity (Wildman–Crippen MR) is 68.6 cm³/mol. The van der Waals surface area contributed by atoms with Gasteiger partial charge in [0.25, 0.3) is 0 Å². The van der Waals surface area contributed by atoms with E-state index >= 15 is 0 Å². The topological polar surface area (TPSA) is 50.4 Å². The van der Waals surface area contributed by atoms with E-state index in [-0.39, 0.29) is 12.4 Å². The minimum absolute atomic E-state index is 0. The number of carbonyl (C=O) groups excluding carboxylic acids is 1. The van der Waals surface area contributed by atoms with Gasteiger partial charge in [0.05, 0.1) is 0 Å². The maximum atomic E-state index is 10.8. The zero-order valence-electron chi connectivity index (χ0n) is 9.73. The molecule has 0 saturated carbocycles. The Bertz CT molecular complexity index is 379. The van der Waals surface area contributed by atoms with Crippen molar-refractivity contribution in [1.29, 1.82) is 0 Å².